The van der Waals surface area contributed by atoms with Gasteiger partial charge in [0.05, 0.1) is 17.8 Å². The van der Waals surface area contributed by atoms with Crippen LogP contribution in [0.2, 0.25) is 0 Å². The molecule has 2 atom stereocenters. The highest BCUT2D eigenvalue weighted by Gasteiger charge is 2.46. The molecule has 1 unspecified atom stereocenters. The maximum absolute atomic E-state index is 13.3. The highest BCUT2D eigenvalue weighted by atomic mass is 16.2. The molecule has 0 spiro atoms. The Hall–Kier alpha value is -4.26. The molecule has 4 aromatic rings. The zero-order valence-electron chi connectivity index (χ0n) is 19.4. The number of carbonyl (C=O) groups excluding carboxylic acids is 1. The van der Waals surface area contributed by atoms with Gasteiger partial charge in [0, 0.05) is 49.7 Å². The smallest absolute Gasteiger partial charge is 0.255 e. The zero-order valence-corrected chi connectivity index (χ0v) is 19.4. The van der Waals surface area contributed by atoms with Crippen molar-refractivity contribution in [3.8, 4) is 22.4 Å². The monoisotopic (exact) mass is 463 g/mol. The SMILES string of the molecule is Cn1c(N2CC3C[C@H]2CN3C(=O)c2ccc(-c3ccccc3)cc2)nc(-c2ccncc2)cc1=O. The van der Waals surface area contributed by atoms with Crippen LogP contribution in [0, 0.1) is 0 Å². The van der Waals surface area contributed by atoms with Gasteiger partial charge in [-0.15, -0.1) is 0 Å². The Balaban J connectivity index is 1.21. The van der Waals surface area contributed by atoms with E-state index in [2.05, 4.69) is 22.0 Å². The number of piperazine rings is 1. The van der Waals surface area contributed by atoms with Crippen molar-refractivity contribution in [2.24, 2.45) is 7.05 Å². The highest BCUT2D eigenvalue weighted by Crippen LogP contribution is 2.35. The minimum atomic E-state index is -0.101. The topological polar surface area (TPSA) is 71.3 Å². The van der Waals surface area contributed by atoms with Gasteiger partial charge in [-0.1, -0.05) is 42.5 Å². The van der Waals surface area contributed by atoms with Crippen LogP contribution < -0.4 is 10.5 Å². The molecule has 35 heavy (non-hydrogen) atoms. The molecule has 2 aliphatic rings. The molecule has 0 radical (unpaired) electrons. The van der Waals surface area contributed by atoms with Crippen LogP contribution in [0.15, 0.2) is 90.0 Å². The molecule has 2 aromatic heterocycles. The fourth-order valence-electron chi connectivity index (χ4n) is 5.22. The molecule has 2 saturated heterocycles. The van der Waals surface area contributed by atoms with Crippen molar-refractivity contribution in [3.63, 3.8) is 0 Å². The third kappa shape index (κ3) is 3.79. The van der Waals surface area contributed by atoms with Crippen LogP contribution in [0.4, 0.5) is 5.95 Å². The largest absolute Gasteiger partial charge is 0.335 e. The van der Waals surface area contributed by atoms with Crippen molar-refractivity contribution in [2.75, 3.05) is 18.0 Å². The average molecular weight is 464 g/mol. The quantitative estimate of drug-likeness (QED) is 0.462. The van der Waals surface area contributed by atoms with Crippen molar-refractivity contribution in [1.82, 2.24) is 19.4 Å². The first kappa shape index (κ1) is 21.3. The van der Waals surface area contributed by atoms with Crippen LogP contribution in [0.1, 0.15) is 16.8 Å². The third-order valence-electron chi connectivity index (χ3n) is 7.08. The van der Waals surface area contributed by atoms with E-state index in [9.17, 15) is 9.59 Å². The summed E-state index contributed by atoms with van der Waals surface area (Å²) < 4.78 is 1.60. The van der Waals surface area contributed by atoms with Crippen LogP contribution in [0.3, 0.4) is 0 Å². The molecule has 7 heteroatoms. The molecule has 2 aromatic carbocycles. The van der Waals surface area contributed by atoms with Gasteiger partial charge in [0.15, 0.2) is 0 Å². The summed E-state index contributed by atoms with van der Waals surface area (Å²) in [4.78, 5) is 39.1. The maximum atomic E-state index is 13.3. The summed E-state index contributed by atoms with van der Waals surface area (Å²) in [7, 11) is 1.75. The second-order valence-corrected chi connectivity index (χ2v) is 9.17. The van der Waals surface area contributed by atoms with Crippen LogP contribution in [0.25, 0.3) is 22.4 Å². The number of hydrogen-bond donors (Lipinski definition) is 0. The minimum absolute atomic E-state index is 0.0594. The number of amides is 1. The van der Waals surface area contributed by atoms with Crippen LogP contribution >= 0.6 is 0 Å². The van der Waals surface area contributed by atoms with Crippen molar-refractivity contribution in [3.05, 3.63) is 101 Å². The molecule has 0 aliphatic carbocycles. The number of likely N-dealkylation sites (tertiary alicyclic amines) is 1. The Morgan fingerprint density at radius 2 is 1.57 bits per heavy atom. The summed E-state index contributed by atoms with van der Waals surface area (Å²) in [5.74, 6) is 0.709. The van der Waals surface area contributed by atoms with Gasteiger partial charge in [0.25, 0.3) is 11.5 Å². The van der Waals surface area contributed by atoms with Gasteiger partial charge in [0.1, 0.15) is 0 Å². The number of carbonyl (C=O) groups is 1. The number of rotatable bonds is 4. The summed E-state index contributed by atoms with van der Waals surface area (Å²) in [6, 6.07) is 23.5. The predicted octanol–water partition coefficient (Wildman–Crippen LogP) is 3.61. The molecule has 6 rings (SSSR count). The standard InChI is InChI=1S/C28H25N5O2/c1-31-26(34)16-25(21-11-13-29-14-12-21)30-28(31)33-18-23-15-24(33)17-32(23)27(35)22-9-7-20(8-10-22)19-5-3-2-4-6-19/h2-14,16,23-24H,15,17-18H2,1H3/t23?,24-/m0/s1. The van der Waals surface area contributed by atoms with E-state index in [1.807, 2.05) is 59.5 Å². The van der Waals surface area contributed by atoms with Crippen molar-refractivity contribution in [1.29, 1.82) is 0 Å². The summed E-state index contributed by atoms with van der Waals surface area (Å²) >= 11 is 0. The lowest BCUT2D eigenvalue weighted by Gasteiger charge is -2.35. The van der Waals surface area contributed by atoms with E-state index in [0.29, 0.717) is 30.3 Å². The molecule has 2 bridgehead atoms. The van der Waals surface area contributed by atoms with E-state index >= 15 is 0 Å². The second-order valence-electron chi connectivity index (χ2n) is 9.17. The van der Waals surface area contributed by atoms with Gasteiger partial charge >= 0.3 is 0 Å². The van der Waals surface area contributed by atoms with Gasteiger partial charge in [-0.2, -0.15) is 0 Å². The lowest BCUT2D eigenvalue weighted by atomic mass is 10.0. The predicted molar refractivity (Wildman–Crippen MR) is 135 cm³/mol. The van der Waals surface area contributed by atoms with Crippen LogP contribution in [-0.4, -0.2) is 50.5 Å². The van der Waals surface area contributed by atoms with E-state index in [-0.39, 0.29) is 23.6 Å². The number of anilines is 1. The highest BCUT2D eigenvalue weighted by molar-refractivity contribution is 5.95. The van der Waals surface area contributed by atoms with Crippen molar-refractivity contribution >= 4 is 11.9 Å². The Morgan fingerprint density at radius 3 is 2.26 bits per heavy atom. The molecule has 7 nitrogen and oxygen atoms in total. The molecule has 2 aliphatic heterocycles. The lowest BCUT2D eigenvalue weighted by molar-refractivity contribution is 0.0725. The van der Waals surface area contributed by atoms with E-state index in [0.717, 1.165) is 23.1 Å². The van der Waals surface area contributed by atoms with E-state index in [4.69, 9.17) is 4.98 Å². The number of benzene rings is 2. The van der Waals surface area contributed by atoms with Gasteiger partial charge in [-0.3, -0.25) is 19.1 Å². The maximum Gasteiger partial charge on any atom is 0.255 e. The summed E-state index contributed by atoms with van der Waals surface area (Å²) in [5.41, 5.74) is 4.33. The molecule has 0 saturated carbocycles. The molecular formula is C28H25N5O2. The van der Waals surface area contributed by atoms with E-state index < -0.39 is 0 Å². The minimum Gasteiger partial charge on any atom is -0.335 e. The average Bonchev–Trinajstić information content (AvgIpc) is 3.52. The number of aromatic nitrogens is 3. The third-order valence-corrected chi connectivity index (χ3v) is 7.08. The molecule has 0 N–H and O–H groups in total. The Kier molecular flexibility index (Phi) is 5.17. The van der Waals surface area contributed by atoms with Crippen LogP contribution in [0.5, 0.6) is 0 Å². The molecule has 1 amide bonds. The van der Waals surface area contributed by atoms with E-state index in [1.54, 1.807) is 30.1 Å². The van der Waals surface area contributed by atoms with E-state index in [1.165, 1.54) is 0 Å². The Morgan fingerprint density at radius 1 is 0.857 bits per heavy atom. The molecule has 2 fully saturated rings. The van der Waals surface area contributed by atoms with Gasteiger partial charge in [-0.05, 0) is 41.8 Å². The molecule has 174 valence electrons. The summed E-state index contributed by atoms with van der Waals surface area (Å²) in [5, 5.41) is 0. The lowest BCUT2D eigenvalue weighted by Crippen LogP contribution is -2.50. The summed E-state index contributed by atoms with van der Waals surface area (Å²) in [6.07, 6.45) is 4.27. The number of fused-ring (bicyclic) bond motifs is 2. The fraction of sp³-hybridized carbons (Fsp3) is 0.214. The zero-order chi connectivity index (χ0) is 23.9. The van der Waals surface area contributed by atoms with Crippen LogP contribution in [-0.2, 0) is 7.05 Å². The Labute approximate surface area is 203 Å². The van der Waals surface area contributed by atoms with Crippen molar-refractivity contribution in [2.45, 2.75) is 18.5 Å². The Bertz CT molecular complexity index is 1430. The first-order valence-corrected chi connectivity index (χ1v) is 11.8. The molecular weight excluding hydrogens is 438 g/mol. The number of hydrogen-bond acceptors (Lipinski definition) is 5. The fourth-order valence-corrected chi connectivity index (χ4v) is 5.22. The van der Waals surface area contributed by atoms with Gasteiger partial charge in [0.2, 0.25) is 5.95 Å². The first-order valence-electron chi connectivity index (χ1n) is 11.8. The first-order chi connectivity index (χ1) is 17.1. The summed E-state index contributed by atoms with van der Waals surface area (Å²) in [6.45, 7) is 1.29. The normalized spacial score (nSPS) is 18.8. The number of nitrogens with zero attached hydrogens (tertiary/aromatic N) is 5. The second kappa shape index (κ2) is 8.51. The van der Waals surface area contributed by atoms with Crippen molar-refractivity contribution < 1.29 is 4.79 Å². The van der Waals surface area contributed by atoms with Gasteiger partial charge < -0.3 is 9.80 Å². The molecule has 4 heterocycles. The number of pyridine rings is 1. The van der Waals surface area contributed by atoms with Gasteiger partial charge in [-0.25, -0.2) is 4.98 Å².